The maximum absolute atomic E-state index is 12.0. The van der Waals surface area contributed by atoms with E-state index in [0.717, 1.165) is 17.9 Å². The lowest BCUT2D eigenvalue weighted by Crippen LogP contribution is -2.49. The van der Waals surface area contributed by atoms with Crippen molar-refractivity contribution in [2.75, 3.05) is 5.75 Å². The van der Waals surface area contributed by atoms with Gasteiger partial charge in [-0.15, -0.1) is 11.3 Å². The van der Waals surface area contributed by atoms with Crippen molar-refractivity contribution in [1.82, 2.24) is 5.32 Å². The number of aliphatic carboxylic acids is 1. The summed E-state index contributed by atoms with van der Waals surface area (Å²) in [6.45, 7) is 2.97. The smallest absolute Gasteiger partial charge is 0.328 e. The van der Waals surface area contributed by atoms with E-state index in [0.29, 0.717) is 4.88 Å². The normalized spacial score (nSPS) is 15.0. The molecule has 1 aliphatic heterocycles. The second-order valence-electron chi connectivity index (χ2n) is 4.75. The number of carbonyl (C=O) groups is 2. The Labute approximate surface area is 114 Å². The van der Waals surface area contributed by atoms with Gasteiger partial charge in [-0.1, -0.05) is 0 Å². The molecule has 2 N–H and O–H groups in total. The second kappa shape index (κ2) is 4.93. The third-order valence-electron chi connectivity index (χ3n) is 2.81. The summed E-state index contributed by atoms with van der Waals surface area (Å²) in [5.41, 5.74) is -0.0226. The van der Waals surface area contributed by atoms with Crippen LogP contribution in [-0.4, -0.2) is 28.3 Å². The lowest BCUT2D eigenvalue weighted by Gasteiger charge is -2.20. The molecule has 0 radical (unpaired) electrons. The van der Waals surface area contributed by atoms with E-state index in [1.165, 1.54) is 35.6 Å². The zero-order chi connectivity index (χ0) is 13.3. The van der Waals surface area contributed by atoms with Gasteiger partial charge < -0.3 is 10.4 Å². The number of aryl methyl sites for hydroxylation is 1. The molecule has 1 amide bonds. The standard InChI is InChI=1S/C12H15NO3S2/c1-12(2,11(15)16)13-10(14)9-5-7-6-17-4-3-8(7)18-9/h5H,3-4,6H2,1-2H3,(H,13,14)(H,15,16). The Balaban J connectivity index is 2.14. The molecule has 0 aliphatic carbocycles. The van der Waals surface area contributed by atoms with Crippen molar-refractivity contribution in [2.24, 2.45) is 0 Å². The first kappa shape index (κ1) is 13.4. The summed E-state index contributed by atoms with van der Waals surface area (Å²) in [4.78, 5) is 24.8. The minimum Gasteiger partial charge on any atom is -0.480 e. The SMILES string of the molecule is CC(C)(NC(=O)c1cc2c(s1)CCSC2)C(=O)O. The van der Waals surface area contributed by atoms with Crippen LogP contribution in [0.4, 0.5) is 0 Å². The van der Waals surface area contributed by atoms with Crippen LogP contribution in [0.25, 0.3) is 0 Å². The Kier molecular flexibility index (Phi) is 3.68. The van der Waals surface area contributed by atoms with Gasteiger partial charge in [0, 0.05) is 10.6 Å². The van der Waals surface area contributed by atoms with Crippen LogP contribution in [-0.2, 0) is 17.0 Å². The number of carbonyl (C=O) groups excluding carboxylic acids is 1. The number of amides is 1. The van der Waals surface area contributed by atoms with Crippen LogP contribution < -0.4 is 5.32 Å². The number of rotatable bonds is 3. The van der Waals surface area contributed by atoms with E-state index in [4.69, 9.17) is 5.11 Å². The van der Waals surface area contributed by atoms with Crippen molar-refractivity contribution in [3.8, 4) is 0 Å². The van der Waals surface area contributed by atoms with Gasteiger partial charge in [-0.2, -0.15) is 11.8 Å². The third-order valence-corrected chi connectivity index (χ3v) is 5.06. The van der Waals surface area contributed by atoms with Gasteiger partial charge in [0.1, 0.15) is 5.54 Å². The Morgan fingerprint density at radius 3 is 2.78 bits per heavy atom. The number of hydrogen-bond acceptors (Lipinski definition) is 4. The van der Waals surface area contributed by atoms with Crippen molar-refractivity contribution < 1.29 is 14.7 Å². The fourth-order valence-electron chi connectivity index (χ4n) is 1.66. The summed E-state index contributed by atoms with van der Waals surface area (Å²) >= 11 is 3.34. The maximum atomic E-state index is 12.0. The zero-order valence-corrected chi connectivity index (χ0v) is 11.9. The molecule has 0 fully saturated rings. The molecule has 0 unspecified atom stereocenters. The summed E-state index contributed by atoms with van der Waals surface area (Å²) in [7, 11) is 0. The molecule has 1 aliphatic rings. The van der Waals surface area contributed by atoms with Gasteiger partial charge in [-0.25, -0.2) is 4.79 Å². The molecule has 4 nitrogen and oxygen atoms in total. The lowest BCUT2D eigenvalue weighted by atomic mass is 10.1. The quantitative estimate of drug-likeness (QED) is 0.893. The monoisotopic (exact) mass is 285 g/mol. The topological polar surface area (TPSA) is 66.4 Å². The average molecular weight is 285 g/mol. The van der Waals surface area contributed by atoms with Crippen LogP contribution in [0.1, 0.15) is 34.0 Å². The Hall–Kier alpha value is -1.01. The van der Waals surface area contributed by atoms with Gasteiger partial charge in [-0.05, 0) is 37.7 Å². The first-order chi connectivity index (χ1) is 8.40. The maximum Gasteiger partial charge on any atom is 0.328 e. The van der Waals surface area contributed by atoms with Gasteiger partial charge in [0.15, 0.2) is 0 Å². The Morgan fingerprint density at radius 2 is 2.17 bits per heavy atom. The first-order valence-electron chi connectivity index (χ1n) is 5.65. The van der Waals surface area contributed by atoms with Gasteiger partial charge in [0.2, 0.25) is 0 Å². The molecular weight excluding hydrogens is 270 g/mol. The van der Waals surface area contributed by atoms with Crippen molar-refractivity contribution in [1.29, 1.82) is 0 Å². The molecule has 1 aromatic rings. The van der Waals surface area contributed by atoms with Crippen LogP contribution in [0.2, 0.25) is 0 Å². The summed E-state index contributed by atoms with van der Waals surface area (Å²) in [6, 6.07) is 1.89. The number of thiophene rings is 1. The van der Waals surface area contributed by atoms with Gasteiger partial charge in [0.25, 0.3) is 5.91 Å². The van der Waals surface area contributed by atoms with Crippen molar-refractivity contribution in [2.45, 2.75) is 31.6 Å². The molecule has 0 saturated carbocycles. The highest BCUT2D eigenvalue weighted by Crippen LogP contribution is 2.31. The number of fused-ring (bicyclic) bond motifs is 1. The number of nitrogens with one attached hydrogen (secondary N) is 1. The van der Waals surface area contributed by atoms with Crippen molar-refractivity contribution in [3.63, 3.8) is 0 Å². The highest BCUT2D eigenvalue weighted by Gasteiger charge is 2.30. The van der Waals surface area contributed by atoms with E-state index in [1.54, 1.807) is 0 Å². The number of thioether (sulfide) groups is 1. The average Bonchev–Trinajstić information content (AvgIpc) is 2.71. The minimum absolute atomic E-state index is 0.299. The van der Waals surface area contributed by atoms with E-state index in [9.17, 15) is 9.59 Å². The van der Waals surface area contributed by atoms with Crippen LogP contribution in [0, 0.1) is 0 Å². The number of carboxylic acid groups (broad SMARTS) is 1. The summed E-state index contributed by atoms with van der Waals surface area (Å²) in [5.74, 6) is 0.705. The molecule has 2 rings (SSSR count). The Bertz CT molecular complexity index is 470. The van der Waals surface area contributed by atoms with E-state index >= 15 is 0 Å². The lowest BCUT2D eigenvalue weighted by molar-refractivity contribution is -0.143. The predicted octanol–water partition coefficient (Wildman–Crippen LogP) is 2.13. The first-order valence-corrected chi connectivity index (χ1v) is 7.62. The molecule has 0 bridgehead atoms. The summed E-state index contributed by atoms with van der Waals surface area (Å²) in [6.07, 6.45) is 1.00. The van der Waals surface area contributed by atoms with E-state index < -0.39 is 11.5 Å². The molecule has 0 atom stereocenters. The molecule has 1 aromatic heterocycles. The highest BCUT2D eigenvalue weighted by molar-refractivity contribution is 7.98. The molecule has 6 heteroatoms. The second-order valence-corrected chi connectivity index (χ2v) is 6.99. The van der Waals surface area contributed by atoms with E-state index in [-0.39, 0.29) is 5.91 Å². The minimum atomic E-state index is -1.24. The number of carboxylic acids is 1. The van der Waals surface area contributed by atoms with Crippen LogP contribution in [0.5, 0.6) is 0 Å². The highest BCUT2D eigenvalue weighted by atomic mass is 32.2. The zero-order valence-electron chi connectivity index (χ0n) is 10.3. The van der Waals surface area contributed by atoms with E-state index in [1.807, 2.05) is 17.8 Å². The fourth-order valence-corrected chi connectivity index (χ4v) is 3.93. The number of hydrogen-bond donors (Lipinski definition) is 2. The van der Waals surface area contributed by atoms with Gasteiger partial charge >= 0.3 is 5.97 Å². The van der Waals surface area contributed by atoms with Gasteiger partial charge in [0.05, 0.1) is 4.88 Å². The molecular formula is C12H15NO3S2. The van der Waals surface area contributed by atoms with Crippen LogP contribution >= 0.6 is 23.1 Å². The molecule has 2 heterocycles. The van der Waals surface area contributed by atoms with Crippen molar-refractivity contribution >= 4 is 35.0 Å². The van der Waals surface area contributed by atoms with Crippen molar-refractivity contribution in [3.05, 3.63) is 21.4 Å². The predicted molar refractivity (Wildman–Crippen MR) is 73.4 cm³/mol. The fraction of sp³-hybridized carbons (Fsp3) is 0.500. The summed E-state index contributed by atoms with van der Waals surface area (Å²) in [5, 5.41) is 11.5. The largest absolute Gasteiger partial charge is 0.480 e. The molecule has 0 saturated heterocycles. The summed E-state index contributed by atoms with van der Waals surface area (Å²) < 4.78 is 0. The van der Waals surface area contributed by atoms with Crippen LogP contribution in [0.3, 0.4) is 0 Å². The Morgan fingerprint density at radius 1 is 1.44 bits per heavy atom. The van der Waals surface area contributed by atoms with E-state index in [2.05, 4.69) is 5.32 Å². The third kappa shape index (κ3) is 2.70. The molecule has 18 heavy (non-hydrogen) atoms. The molecule has 0 aromatic carbocycles. The molecule has 98 valence electrons. The molecule has 0 spiro atoms. The van der Waals surface area contributed by atoms with Crippen LogP contribution in [0.15, 0.2) is 6.07 Å². The van der Waals surface area contributed by atoms with Gasteiger partial charge in [-0.3, -0.25) is 4.79 Å².